The van der Waals surface area contributed by atoms with Crippen molar-refractivity contribution in [2.24, 2.45) is 0 Å². The summed E-state index contributed by atoms with van der Waals surface area (Å²) in [6.45, 7) is 3.28. The molecule has 0 aliphatic rings. The highest BCUT2D eigenvalue weighted by Crippen LogP contribution is 2.01. The van der Waals surface area contributed by atoms with Crippen LogP contribution in [-0.2, 0) is 14.2 Å². The lowest BCUT2D eigenvalue weighted by Gasteiger charge is -2.15. The zero-order valence-electron chi connectivity index (χ0n) is 12.3. The van der Waals surface area contributed by atoms with Gasteiger partial charge in [0.25, 0.3) is 0 Å². The first-order valence-electron chi connectivity index (χ1n) is 6.65. The molecule has 0 radical (unpaired) electrons. The van der Waals surface area contributed by atoms with Gasteiger partial charge in [-0.2, -0.15) is 0 Å². The minimum atomic E-state index is -0.151. The van der Waals surface area contributed by atoms with Crippen molar-refractivity contribution in [1.29, 1.82) is 10.8 Å². The van der Waals surface area contributed by atoms with E-state index in [0.29, 0.717) is 25.5 Å². The molecular formula is C13H27N3O3. The second-order valence-corrected chi connectivity index (χ2v) is 4.45. The molecule has 0 aromatic heterocycles. The molecule has 3 N–H and O–H groups in total. The summed E-state index contributed by atoms with van der Waals surface area (Å²) in [5.74, 6) is 0. The van der Waals surface area contributed by atoms with Gasteiger partial charge in [0, 0.05) is 19.4 Å². The average Bonchev–Trinajstić information content (AvgIpc) is 2.38. The van der Waals surface area contributed by atoms with E-state index in [4.69, 9.17) is 25.0 Å². The number of methoxy groups -OCH3 is 1. The van der Waals surface area contributed by atoms with E-state index in [1.165, 1.54) is 0 Å². The summed E-state index contributed by atoms with van der Waals surface area (Å²) in [5, 5.41) is 17.8. The summed E-state index contributed by atoms with van der Waals surface area (Å²) in [6.07, 6.45) is 3.49. The molecule has 1 unspecified atom stereocenters. The maximum absolute atomic E-state index is 7.48. The highest BCUT2D eigenvalue weighted by molar-refractivity contribution is 5.78. The smallest absolute Gasteiger partial charge is 0.380 e. The molecule has 0 fully saturated rings. The molecule has 0 aromatic rings. The normalized spacial score (nSPS) is 11.9. The Morgan fingerprint density at radius 1 is 1.16 bits per heavy atom. The van der Waals surface area contributed by atoms with E-state index < -0.39 is 0 Å². The van der Waals surface area contributed by atoms with Crippen molar-refractivity contribution in [3.05, 3.63) is 0 Å². The maximum Gasteiger partial charge on any atom is 0.380 e. The van der Waals surface area contributed by atoms with Gasteiger partial charge in [-0.05, 0) is 39.7 Å². The molecule has 0 amide bonds. The van der Waals surface area contributed by atoms with Crippen molar-refractivity contribution in [1.82, 2.24) is 5.32 Å². The Kier molecular flexibility index (Phi) is 11.2. The summed E-state index contributed by atoms with van der Waals surface area (Å²) in [6, 6.07) is 0. The van der Waals surface area contributed by atoms with E-state index in [1.807, 2.05) is 14.0 Å². The third-order valence-corrected chi connectivity index (χ3v) is 2.59. The van der Waals surface area contributed by atoms with Crippen LogP contribution in [0.4, 0.5) is 0 Å². The SMILES string of the molecule is CNCC(COC(=N)OCCCCCC(C)=N)OC. The minimum Gasteiger partial charge on any atom is -0.451 e. The molecule has 0 spiro atoms. The van der Waals surface area contributed by atoms with E-state index >= 15 is 0 Å². The van der Waals surface area contributed by atoms with E-state index in [1.54, 1.807) is 7.11 Å². The van der Waals surface area contributed by atoms with Gasteiger partial charge in [-0.25, -0.2) is 5.41 Å². The van der Waals surface area contributed by atoms with Crippen LogP contribution in [0.25, 0.3) is 0 Å². The summed E-state index contributed by atoms with van der Waals surface area (Å²) >= 11 is 0. The molecule has 0 saturated carbocycles. The average molecular weight is 273 g/mol. The Balaban J connectivity index is 3.46. The van der Waals surface area contributed by atoms with Crippen LogP contribution in [0.5, 0.6) is 0 Å². The Labute approximate surface area is 115 Å². The zero-order valence-corrected chi connectivity index (χ0v) is 12.3. The quantitative estimate of drug-likeness (QED) is 0.304. The molecular weight excluding hydrogens is 246 g/mol. The van der Waals surface area contributed by atoms with Gasteiger partial charge < -0.3 is 24.9 Å². The molecule has 0 saturated heterocycles. The largest absolute Gasteiger partial charge is 0.451 e. The molecule has 6 heteroatoms. The summed E-state index contributed by atoms with van der Waals surface area (Å²) in [4.78, 5) is 0. The van der Waals surface area contributed by atoms with E-state index in [2.05, 4.69) is 5.32 Å². The van der Waals surface area contributed by atoms with Crippen molar-refractivity contribution >= 4 is 11.8 Å². The van der Waals surface area contributed by atoms with Crippen LogP contribution in [0.2, 0.25) is 0 Å². The predicted octanol–water partition coefficient (Wildman–Crippen LogP) is 1.79. The summed E-state index contributed by atoms with van der Waals surface area (Å²) in [5.41, 5.74) is 0.715. The Morgan fingerprint density at radius 2 is 1.89 bits per heavy atom. The van der Waals surface area contributed by atoms with Gasteiger partial charge in [0.15, 0.2) is 0 Å². The van der Waals surface area contributed by atoms with Crippen LogP contribution in [0, 0.1) is 10.8 Å². The maximum atomic E-state index is 7.48. The van der Waals surface area contributed by atoms with Crippen LogP contribution in [-0.4, -0.2) is 51.8 Å². The third-order valence-electron chi connectivity index (χ3n) is 2.59. The van der Waals surface area contributed by atoms with Crippen molar-refractivity contribution in [3.8, 4) is 0 Å². The Bertz CT molecular complexity index is 260. The first kappa shape index (κ1) is 17.9. The topological polar surface area (TPSA) is 87.4 Å². The van der Waals surface area contributed by atoms with Gasteiger partial charge in [0.1, 0.15) is 12.7 Å². The van der Waals surface area contributed by atoms with Gasteiger partial charge in [0.2, 0.25) is 0 Å². The fourth-order valence-electron chi connectivity index (χ4n) is 1.48. The van der Waals surface area contributed by atoms with E-state index in [0.717, 1.165) is 25.7 Å². The van der Waals surface area contributed by atoms with Crippen LogP contribution in [0.1, 0.15) is 32.6 Å². The van der Waals surface area contributed by atoms with Gasteiger partial charge in [-0.3, -0.25) is 0 Å². The highest BCUT2D eigenvalue weighted by atomic mass is 16.7. The number of unbranched alkanes of at least 4 members (excludes halogenated alkanes) is 2. The second kappa shape index (κ2) is 11.9. The number of rotatable bonds is 11. The first-order chi connectivity index (χ1) is 9.10. The molecule has 0 aliphatic carbocycles. The van der Waals surface area contributed by atoms with Crippen LogP contribution in [0.3, 0.4) is 0 Å². The Hall–Kier alpha value is -1.14. The predicted molar refractivity (Wildman–Crippen MR) is 76.2 cm³/mol. The van der Waals surface area contributed by atoms with Gasteiger partial charge in [0.05, 0.1) is 6.61 Å². The monoisotopic (exact) mass is 273 g/mol. The van der Waals surface area contributed by atoms with Crippen molar-refractivity contribution in [3.63, 3.8) is 0 Å². The third kappa shape index (κ3) is 11.7. The van der Waals surface area contributed by atoms with Crippen LogP contribution in [0.15, 0.2) is 0 Å². The molecule has 6 nitrogen and oxygen atoms in total. The fraction of sp³-hybridized carbons (Fsp3) is 0.846. The van der Waals surface area contributed by atoms with E-state index in [-0.39, 0.29) is 12.2 Å². The molecule has 0 rings (SSSR count). The Morgan fingerprint density at radius 3 is 2.47 bits per heavy atom. The molecule has 0 heterocycles. The molecule has 1 atom stereocenters. The number of nitrogens with one attached hydrogen (secondary N) is 3. The second-order valence-electron chi connectivity index (χ2n) is 4.45. The highest BCUT2D eigenvalue weighted by Gasteiger charge is 2.08. The lowest BCUT2D eigenvalue weighted by molar-refractivity contribution is 0.0375. The van der Waals surface area contributed by atoms with Crippen LogP contribution < -0.4 is 5.32 Å². The summed E-state index contributed by atoms with van der Waals surface area (Å²) in [7, 11) is 3.45. The molecule has 19 heavy (non-hydrogen) atoms. The molecule has 0 aromatic carbocycles. The lowest BCUT2D eigenvalue weighted by Crippen LogP contribution is -2.31. The minimum absolute atomic E-state index is 0.0792. The standard InChI is InChI=1S/C13H27N3O3/c1-11(14)7-5-4-6-8-18-13(15)19-10-12(17-3)9-16-2/h12,14-16H,4-10H2,1-3H3. The van der Waals surface area contributed by atoms with E-state index in [9.17, 15) is 0 Å². The zero-order chi connectivity index (χ0) is 14.5. The molecule has 0 bridgehead atoms. The molecule has 0 aliphatic heterocycles. The first-order valence-corrected chi connectivity index (χ1v) is 6.65. The number of likely N-dealkylation sites (N-methyl/N-ethyl adjacent to an activating group) is 1. The van der Waals surface area contributed by atoms with Crippen LogP contribution >= 0.6 is 0 Å². The van der Waals surface area contributed by atoms with Gasteiger partial charge in [-0.1, -0.05) is 0 Å². The van der Waals surface area contributed by atoms with Crippen molar-refractivity contribution in [2.45, 2.75) is 38.7 Å². The van der Waals surface area contributed by atoms with Crippen molar-refractivity contribution < 1.29 is 14.2 Å². The fourth-order valence-corrected chi connectivity index (χ4v) is 1.48. The lowest BCUT2D eigenvalue weighted by atomic mass is 10.1. The summed E-state index contributed by atoms with van der Waals surface area (Å²) < 4.78 is 15.5. The van der Waals surface area contributed by atoms with Crippen molar-refractivity contribution in [2.75, 3.05) is 33.9 Å². The van der Waals surface area contributed by atoms with Gasteiger partial charge in [-0.15, -0.1) is 0 Å². The molecule has 112 valence electrons. The number of hydrogen-bond acceptors (Lipinski definition) is 6. The van der Waals surface area contributed by atoms with Gasteiger partial charge >= 0.3 is 6.08 Å². The number of ether oxygens (including phenoxy) is 3. The number of hydrogen-bond donors (Lipinski definition) is 3.